The highest BCUT2D eigenvalue weighted by atomic mass is 32.1. The Morgan fingerprint density at radius 2 is 1.32 bits per heavy atom. The number of primary amides is 1. The van der Waals surface area contributed by atoms with E-state index in [1.165, 1.54) is 0 Å². The van der Waals surface area contributed by atoms with Crippen LogP contribution in [0.1, 0.15) is 33.1 Å². The highest BCUT2D eigenvalue weighted by molar-refractivity contribution is 7.80. The average molecular weight is 464 g/mol. The molecule has 13 nitrogen and oxygen atoms in total. The average Bonchev–Trinajstić information content (AvgIpc) is 2.63. The van der Waals surface area contributed by atoms with Crippen LogP contribution in [0.2, 0.25) is 0 Å². The maximum atomic E-state index is 12.5. The fourth-order valence-corrected chi connectivity index (χ4v) is 2.67. The van der Waals surface area contributed by atoms with E-state index in [9.17, 15) is 28.8 Å². The van der Waals surface area contributed by atoms with Crippen molar-refractivity contribution in [2.45, 2.75) is 57.3 Å². The van der Waals surface area contributed by atoms with Crippen molar-refractivity contribution in [3.63, 3.8) is 0 Å². The molecule has 0 aliphatic rings. The normalized spacial score (nSPS) is 14.6. The fourth-order valence-electron chi connectivity index (χ4n) is 2.42. The summed E-state index contributed by atoms with van der Waals surface area (Å²) in [4.78, 5) is 70.1. The molecule has 0 spiro atoms. The molecule has 4 unspecified atom stereocenters. The van der Waals surface area contributed by atoms with Crippen molar-refractivity contribution in [3.8, 4) is 0 Å². The van der Waals surface area contributed by atoms with Gasteiger partial charge in [-0.05, 0) is 12.3 Å². The molecular formula is C17H29N5O8S. The highest BCUT2D eigenvalue weighted by Crippen LogP contribution is 2.04. The molecule has 4 amide bonds. The maximum Gasteiger partial charge on any atom is 0.326 e. The third-order valence-corrected chi connectivity index (χ3v) is 4.27. The number of amides is 4. The molecule has 0 radical (unpaired) electrons. The van der Waals surface area contributed by atoms with E-state index >= 15 is 0 Å². The predicted molar refractivity (Wildman–Crippen MR) is 111 cm³/mol. The molecule has 0 aromatic heterocycles. The molecule has 4 atom stereocenters. The molecular weight excluding hydrogens is 434 g/mol. The van der Waals surface area contributed by atoms with E-state index in [4.69, 9.17) is 21.7 Å². The minimum Gasteiger partial charge on any atom is -0.481 e. The Balaban J connectivity index is 5.27. The van der Waals surface area contributed by atoms with E-state index in [1.54, 1.807) is 0 Å². The van der Waals surface area contributed by atoms with Crippen LogP contribution < -0.4 is 27.4 Å². The van der Waals surface area contributed by atoms with Crippen LogP contribution in [0.15, 0.2) is 0 Å². The van der Waals surface area contributed by atoms with Crippen molar-refractivity contribution in [2.24, 2.45) is 17.4 Å². The molecule has 31 heavy (non-hydrogen) atoms. The number of aliphatic carboxylic acids is 2. The first-order valence-electron chi connectivity index (χ1n) is 9.28. The van der Waals surface area contributed by atoms with Crippen LogP contribution in [0.4, 0.5) is 0 Å². The van der Waals surface area contributed by atoms with Crippen LogP contribution in [0.25, 0.3) is 0 Å². The Hall–Kier alpha value is -2.87. The van der Waals surface area contributed by atoms with Gasteiger partial charge in [0.2, 0.25) is 23.6 Å². The molecule has 0 saturated heterocycles. The maximum absolute atomic E-state index is 12.5. The highest BCUT2D eigenvalue weighted by Gasteiger charge is 2.31. The number of carboxylic acids is 2. The van der Waals surface area contributed by atoms with E-state index in [0.29, 0.717) is 6.42 Å². The van der Waals surface area contributed by atoms with Gasteiger partial charge < -0.3 is 37.6 Å². The van der Waals surface area contributed by atoms with Gasteiger partial charge >= 0.3 is 11.9 Å². The van der Waals surface area contributed by atoms with Crippen LogP contribution in [0.5, 0.6) is 0 Å². The lowest BCUT2D eigenvalue weighted by atomic mass is 10.0. The Labute approximate surface area is 184 Å². The fraction of sp³-hybridized carbons (Fsp3) is 0.647. The third-order valence-electron chi connectivity index (χ3n) is 3.91. The first kappa shape index (κ1) is 28.1. The molecule has 0 aliphatic heterocycles. The molecule has 0 aromatic carbocycles. The number of carboxylic acid groups (broad SMARTS) is 2. The summed E-state index contributed by atoms with van der Waals surface area (Å²) in [6.07, 6.45) is -1.15. The summed E-state index contributed by atoms with van der Waals surface area (Å²) < 4.78 is 0. The third kappa shape index (κ3) is 11.2. The second-order valence-corrected chi connectivity index (χ2v) is 7.57. The lowest BCUT2D eigenvalue weighted by Crippen LogP contribution is -2.58. The quantitative estimate of drug-likeness (QED) is 0.124. The van der Waals surface area contributed by atoms with Gasteiger partial charge in [-0.15, -0.1) is 0 Å². The van der Waals surface area contributed by atoms with Crippen LogP contribution in [-0.4, -0.2) is 75.7 Å². The van der Waals surface area contributed by atoms with Crippen LogP contribution in [0, 0.1) is 5.92 Å². The molecule has 9 N–H and O–H groups in total. The summed E-state index contributed by atoms with van der Waals surface area (Å²) in [5.74, 6) is -6.82. The van der Waals surface area contributed by atoms with Crippen LogP contribution in [0.3, 0.4) is 0 Å². The van der Waals surface area contributed by atoms with Gasteiger partial charge in [0.15, 0.2) is 0 Å². The van der Waals surface area contributed by atoms with Gasteiger partial charge in [0.25, 0.3) is 0 Å². The number of carbonyl (C=O) groups is 6. The van der Waals surface area contributed by atoms with Crippen molar-refractivity contribution in [3.05, 3.63) is 0 Å². The molecule has 0 fully saturated rings. The molecule has 0 heterocycles. The second-order valence-electron chi connectivity index (χ2n) is 7.21. The molecule has 0 bridgehead atoms. The second kappa shape index (κ2) is 13.4. The molecule has 0 saturated carbocycles. The van der Waals surface area contributed by atoms with E-state index in [2.05, 4.69) is 23.3 Å². The zero-order valence-corrected chi connectivity index (χ0v) is 18.1. The monoisotopic (exact) mass is 463 g/mol. The summed E-state index contributed by atoms with van der Waals surface area (Å²) in [7, 11) is 0. The zero-order valence-electron chi connectivity index (χ0n) is 17.2. The number of rotatable bonds is 14. The minimum atomic E-state index is -1.74. The van der Waals surface area contributed by atoms with Gasteiger partial charge in [0.1, 0.15) is 18.1 Å². The van der Waals surface area contributed by atoms with Crippen molar-refractivity contribution >= 4 is 48.2 Å². The van der Waals surface area contributed by atoms with E-state index in [1.807, 2.05) is 19.2 Å². The van der Waals surface area contributed by atoms with Gasteiger partial charge in [-0.3, -0.25) is 24.0 Å². The van der Waals surface area contributed by atoms with Crippen molar-refractivity contribution in [1.29, 1.82) is 0 Å². The van der Waals surface area contributed by atoms with Gasteiger partial charge in [0.05, 0.1) is 18.9 Å². The number of hydrogen-bond acceptors (Lipinski definition) is 8. The molecule has 176 valence electrons. The summed E-state index contributed by atoms with van der Waals surface area (Å²) in [5.41, 5.74) is 10.9. The van der Waals surface area contributed by atoms with Gasteiger partial charge in [-0.25, -0.2) is 4.79 Å². The molecule has 0 aromatic rings. The lowest BCUT2D eigenvalue weighted by molar-refractivity contribution is -0.147. The predicted octanol–water partition coefficient (Wildman–Crippen LogP) is -2.82. The standard InChI is InChI=1S/C17H29N5O8S/c1-7(2)3-8(18)14(26)20-9(4-12(19)23)15(27)22-11(6-31)16(28)21-10(17(29)30)5-13(24)25/h7-11,31H,3-6,18H2,1-2H3,(H2,19,23)(H,20,26)(H,21,28)(H,22,27)(H,24,25)(H,29,30). The van der Waals surface area contributed by atoms with E-state index < -0.39 is 72.6 Å². The Morgan fingerprint density at radius 3 is 1.74 bits per heavy atom. The van der Waals surface area contributed by atoms with Crippen LogP contribution >= 0.6 is 12.6 Å². The number of hydrogen-bond donors (Lipinski definition) is 8. The van der Waals surface area contributed by atoms with Crippen molar-refractivity contribution in [2.75, 3.05) is 5.75 Å². The molecule has 0 aliphatic carbocycles. The van der Waals surface area contributed by atoms with E-state index in [0.717, 1.165) is 0 Å². The Morgan fingerprint density at radius 1 is 0.839 bits per heavy atom. The van der Waals surface area contributed by atoms with E-state index in [-0.39, 0.29) is 11.7 Å². The smallest absolute Gasteiger partial charge is 0.326 e. The molecule has 0 rings (SSSR count). The van der Waals surface area contributed by atoms with Crippen LogP contribution in [-0.2, 0) is 28.8 Å². The minimum absolute atomic E-state index is 0.0920. The largest absolute Gasteiger partial charge is 0.481 e. The summed E-state index contributed by atoms with van der Waals surface area (Å²) in [5, 5.41) is 24.3. The topological polar surface area (TPSA) is 231 Å². The zero-order chi connectivity index (χ0) is 24.3. The van der Waals surface area contributed by atoms with Gasteiger partial charge in [0, 0.05) is 5.75 Å². The summed E-state index contributed by atoms with van der Waals surface area (Å²) in [6, 6.07) is -5.50. The first-order chi connectivity index (χ1) is 14.3. The Kier molecular flexibility index (Phi) is 12.2. The number of thiol groups is 1. The number of carbonyl (C=O) groups excluding carboxylic acids is 4. The Bertz CT molecular complexity index is 702. The number of nitrogens with one attached hydrogen (secondary N) is 3. The van der Waals surface area contributed by atoms with Gasteiger partial charge in [-0.2, -0.15) is 12.6 Å². The van der Waals surface area contributed by atoms with Gasteiger partial charge in [-0.1, -0.05) is 13.8 Å². The SMILES string of the molecule is CC(C)CC(N)C(=O)NC(CC(N)=O)C(=O)NC(CS)C(=O)NC(CC(=O)O)C(=O)O. The molecule has 14 heteroatoms. The summed E-state index contributed by atoms with van der Waals surface area (Å²) in [6.45, 7) is 3.68. The number of nitrogens with two attached hydrogens (primary N) is 2. The lowest BCUT2D eigenvalue weighted by Gasteiger charge is -2.24. The first-order valence-corrected chi connectivity index (χ1v) is 9.92. The van der Waals surface area contributed by atoms with Crippen molar-refractivity contribution < 1.29 is 39.0 Å². The van der Waals surface area contributed by atoms with Crippen molar-refractivity contribution in [1.82, 2.24) is 16.0 Å². The summed E-state index contributed by atoms with van der Waals surface area (Å²) >= 11 is 3.91.